The number of likely N-dealkylation sites (N-methyl/N-ethyl adjacent to an activating group) is 2. The molecule has 1 aromatic heterocycles. The molecule has 2 atom stereocenters. The van der Waals surface area contributed by atoms with Crippen LogP contribution in [0.5, 0.6) is 0 Å². The average Bonchev–Trinajstić information content (AvgIpc) is 3.33. The number of allylic oxidation sites excluding steroid dienone is 3. The Balaban J connectivity index is 2.41. The molecule has 0 radical (unpaired) electrons. The summed E-state index contributed by atoms with van der Waals surface area (Å²) in [5.41, 5.74) is 3.68. The van der Waals surface area contributed by atoms with Crippen LogP contribution < -0.4 is 0 Å². The van der Waals surface area contributed by atoms with Crippen LogP contribution >= 0.6 is 22.9 Å². The van der Waals surface area contributed by atoms with Gasteiger partial charge in [-0.15, -0.1) is 11.3 Å². The number of carbonyl (C=O) groups excluding carboxylic acids is 2. The molecule has 0 aliphatic rings. The van der Waals surface area contributed by atoms with E-state index >= 15 is 0 Å². The summed E-state index contributed by atoms with van der Waals surface area (Å²) in [6, 6.07) is 0. The van der Waals surface area contributed by atoms with Crippen molar-refractivity contribution in [2.45, 2.75) is 66.3 Å². The maximum absolute atomic E-state index is 12.7. The van der Waals surface area contributed by atoms with Crippen LogP contribution in [0.4, 0.5) is 0 Å². The summed E-state index contributed by atoms with van der Waals surface area (Å²) in [4.78, 5) is 32.5. The zero-order valence-electron chi connectivity index (χ0n) is 22.3. The number of thiazole rings is 1. The van der Waals surface area contributed by atoms with Crippen molar-refractivity contribution < 1.29 is 14.3 Å². The summed E-state index contributed by atoms with van der Waals surface area (Å²) in [5, 5.41) is 2.86. The number of methoxy groups -OCH3 is 1. The monoisotopic (exact) mass is 523 g/mol. The predicted octanol–water partition coefficient (Wildman–Crippen LogP) is 6.40. The molecule has 6 nitrogen and oxygen atoms in total. The van der Waals surface area contributed by atoms with Crippen LogP contribution in [-0.4, -0.2) is 54.3 Å². The molecule has 35 heavy (non-hydrogen) atoms. The van der Waals surface area contributed by atoms with Gasteiger partial charge in [0.2, 0.25) is 11.8 Å². The van der Waals surface area contributed by atoms with E-state index in [2.05, 4.69) is 24.9 Å². The van der Waals surface area contributed by atoms with Crippen molar-refractivity contribution in [3.63, 3.8) is 0 Å². The molecule has 0 saturated carbocycles. The van der Waals surface area contributed by atoms with Crippen LogP contribution in [0.3, 0.4) is 0 Å². The molecule has 1 aromatic rings. The lowest BCUT2D eigenvalue weighted by molar-refractivity contribution is -0.126. The van der Waals surface area contributed by atoms with Crippen molar-refractivity contribution in [3.05, 3.63) is 51.2 Å². The lowest BCUT2D eigenvalue weighted by Crippen LogP contribution is -2.27. The Morgan fingerprint density at radius 3 is 2.51 bits per heavy atom. The largest absolute Gasteiger partial charge is 0.501 e. The number of aromatic nitrogens is 1. The Hall–Kier alpha value is -2.12. The van der Waals surface area contributed by atoms with Crippen LogP contribution in [0.15, 0.2) is 46.2 Å². The second-order valence-corrected chi connectivity index (χ2v) is 10.6. The third-order valence-corrected chi connectivity index (χ3v) is 7.05. The van der Waals surface area contributed by atoms with Gasteiger partial charge in [-0.2, -0.15) is 0 Å². The zero-order chi connectivity index (χ0) is 26.4. The maximum Gasteiger partial charge on any atom is 0.249 e. The van der Waals surface area contributed by atoms with Crippen LogP contribution in [-0.2, 0) is 20.9 Å². The summed E-state index contributed by atoms with van der Waals surface area (Å²) in [5.74, 6) is 1.41. The van der Waals surface area contributed by atoms with Crippen LogP contribution in [0, 0.1) is 11.8 Å². The van der Waals surface area contributed by atoms with Crippen molar-refractivity contribution in [2.75, 3.05) is 27.7 Å². The quantitative estimate of drug-likeness (QED) is 0.197. The molecular formula is C27H42ClN3O3S. The molecule has 0 N–H and O–H groups in total. The highest BCUT2D eigenvalue weighted by Crippen LogP contribution is 2.23. The molecule has 196 valence electrons. The molecule has 1 heterocycles. The fourth-order valence-corrected chi connectivity index (χ4v) is 4.77. The molecule has 0 fully saturated rings. The predicted molar refractivity (Wildman–Crippen MR) is 146 cm³/mol. The number of amides is 2. The van der Waals surface area contributed by atoms with E-state index in [9.17, 15) is 9.59 Å². The summed E-state index contributed by atoms with van der Waals surface area (Å²) in [6.07, 6.45) is 10.1. The Labute approximate surface area is 220 Å². The minimum absolute atomic E-state index is 0.0448. The zero-order valence-corrected chi connectivity index (χ0v) is 23.9. The fraction of sp³-hybridized carbons (Fsp3) is 0.593. The molecular weight excluding hydrogens is 482 g/mol. The number of ether oxygens (including phenoxy) is 1. The number of rotatable bonds is 15. The second kappa shape index (κ2) is 16.5. The molecule has 1 rings (SSSR count). The summed E-state index contributed by atoms with van der Waals surface area (Å²) >= 11 is 7.64. The first-order valence-electron chi connectivity index (χ1n) is 12.1. The van der Waals surface area contributed by atoms with Gasteiger partial charge >= 0.3 is 0 Å². The van der Waals surface area contributed by atoms with Crippen molar-refractivity contribution in [1.82, 2.24) is 14.8 Å². The third kappa shape index (κ3) is 12.4. The van der Waals surface area contributed by atoms with E-state index in [1.807, 2.05) is 19.4 Å². The third-order valence-electron chi connectivity index (χ3n) is 5.98. The van der Waals surface area contributed by atoms with E-state index in [1.165, 1.54) is 11.6 Å². The molecule has 0 unspecified atom stereocenters. The number of halogens is 1. The number of hydrogen-bond acceptors (Lipinski definition) is 5. The lowest BCUT2D eigenvalue weighted by Gasteiger charge is -2.19. The van der Waals surface area contributed by atoms with Gasteiger partial charge < -0.3 is 14.5 Å². The van der Waals surface area contributed by atoms with Crippen LogP contribution in [0.2, 0.25) is 0 Å². The Morgan fingerprint density at radius 2 is 1.91 bits per heavy atom. The first kappa shape index (κ1) is 30.9. The summed E-state index contributed by atoms with van der Waals surface area (Å²) in [6.45, 7) is 9.28. The minimum Gasteiger partial charge on any atom is -0.501 e. The highest BCUT2D eigenvalue weighted by molar-refractivity contribution is 7.09. The van der Waals surface area contributed by atoms with Gasteiger partial charge in [0.25, 0.3) is 0 Å². The molecule has 0 aromatic carbocycles. The van der Waals surface area contributed by atoms with E-state index in [0.29, 0.717) is 30.7 Å². The van der Waals surface area contributed by atoms with E-state index in [1.54, 1.807) is 53.9 Å². The van der Waals surface area contributed by atoms with Gasteiger partial charge in [0.15, 0.2) is 0 Å². The fourth-order valence-electron chi connectivity index (χ4n) is 3.89. The van der Waals surface area contributed by atoms with Crippen LogP contribution in [0.1, 0.15) is 64.8 Å². The van der Waals surface area contributed by atoms with Gasteiger partial charge in [0.1, 0.15) is 5.01 Å². The number of carbonyl (C=O) groups is 2. The van der Waals surface area contributed by atoms with E-state index in [4.69, 9.17) is 16.3 Å². The van der Waals surface area contributed by atoms with Crippen molar-refractivity contribution >= 4 is 34.8 Å². The normalized spacial score (nSPS) is 14.5. The second-order valence-electron chi connectivity index (χ2n) is 9.38. The van der Waals surface area contributed by atoms with Gasteiger partial charge in [0, 0.05) is 49.4 Å². The SMILES string of the molecule is CO/C(C)=C/C(=O)N(C)CCC/C(=C\Cl)CC[C@H](C)C[C@@H](C)/C=C(\C)C(=O)N(C)Cc1nccs1. The first-order valence-corrected chi connectivity index (χ1v) is 13.5. The van der Waals surface area contributed by atoms with Gasteiger partial charge in [0.05, 0.1) is 19.4 Å². The van der Waals surface area contributed by atoms with E-state index in [-0.39, 0.29) is 11.8 Å². The Bertz CT molecular complexity index is 880. The average molecular weight is 524 g/mol. The lowest BCUT2D eigenvalue weighted by atomic mass is 9.90. The van der Waals surface area contributed by atoms with Crippen molar-refractivity contribution in [2.24, 2.45) is 11.8 Å². The van der Waals surface area contributed by atoms with Gasteiger partial charge in [-0.05, 0) is 57.8 Å². The van der Waals surface area contributed by atoms with Gasteiger partial charge in [-0.3, -0.25) is 9.59 Å². The Morgan fingerprint density at radius 1 is 1.20 bits per heavy atom. The van der Waals surface area contributed by atoms with Crippen LogP contribution in [0.25, 0.3) is 0 Å². The number of nitrogens with zero attached hydrogens (tertiary/aromatic N) is 3. The Kier molecular flexibility index (Phi) is 14.6. The van der Waals surface area contributed by atoms with Crippen molar-refractivity contribution in [3.8, 4) is 0 Å². The molecule has 0 aliphatic heterocycles. The highest BCUT2D eigenvalue weighted by atomic mass is 35.5. The van der Waals surface area contributed by atoms with Gasteiger partial charge in [-0.1, -0.05) is 37.1 Å². The maximum atomic E-state index is 12.7. The highest BCUT2D eigenvalue weighted by Gasteiger charge is 2.15. The number of hydrogen-bond donors (Lipinski definition) is 0. The van der Waals surface area contributed by atoms with E-state index < -0.39 is 0 Å². The molecule has 0 spiro atoms. The van der Waals surface area contributed by atoms with E-state index in [0.717, 1.165) is 42.7 Å². The topological polar surface area (TPSA) is 62.7 Å². The minimum atomic E-state index is -0.0559. The standard InChI is InChI=1S/C27H42ClN3O3S/c1-20(10-11-24(18-28)9-8-13-30(5)26(32)17-23(4)34-7)15-21(2)16-22(3)27(33)31(6)19-25-29-12-14-35-25/h12,14,16-18,20-21H,8-11,13,15,19H2,1-7H3/b22-16+,23-17+,24-18+/t20-,21+/m0/s1. The van der Waals surface area contributed by atoms with Crippen molar-refractivity contribution in [1.29, 1.82) is 0 Å². The molecule has 0 aliphatic carbocycles. The summed E-state index contributed by atoms with van der Waals surface area (Å²) < 4.78 is 5.04. The summed E-state index contributed by atoms with van der Waals surface area (Å²) in [7, 11) is 5.17. The van der Waals surface area contributed by atoms with Gasteiger partial charge in [-0.25, -0.2) is 4.98 Å². The smallest absolute Gasteiger partial charge is 0.249 e. The molecule has 0 bridgehead atoms. The molecule has 0 saturated heterocycles. The first-order chi connectivity index (χ1) is 16.6. The molecule has 8 heteroatoms. The molecule has 2 amide bonds.